The van der Waals surface area contributed by atoms with E-state index in [2.05, 4.69) is 10.1 Å². The zero-order chi connectivity index (χ0) is 24.6. The predicted octanol–water partition coefficient (Wildman–Crippen LogP) is 5.06. The number of ether oxygens (including phenoxy) is 1. The van der Waals surface area contributed by atoms with E-state index in [0.29, 0.717) is 31.2 Å². The Morgan fingerprint density at radius 2 is 1.91 bits per heavy atom. The molecule has 1 aromatic heterocycles. The van der Waals surface area contributed by atoms with Gasteiger partial charge in [0.2, 0.25) is 0 Å². The topological polar surface area (TPSA) is 75.1 Å². The number of anilines is 1. The van der Waals surface area contributed by atoms with Crippen LogP contribution in [-0.4, -0.2) is 57.1 Å². The van der Waals surface area contributed by atoms with Crippen molar-refractivity contribution in [1.29, 1.82) is 0 Å². The van der Waals surface area contributed by atoms with Crippen LogP contribution in [0.4, 0.5) is 23.8 Å². The van der Waals surface area contributed by atoms with Gasteiger partial charge in [0.1, 0.15) is 18.0 Å². The molecule has 12 heteroatoms. The fourth-order valence-corrected chi connectivity index (χ4v) is 4.62. The quantitative estimate of drug-likeness (QED) is 0.421. The summed E-state index contributed by atoms with van der Waals surface area (Å²) in [6.45, 7) is 4.60. The number of halogens is 5. The van der Waals surface area contributed by atoms with Gasteiger partial charge in [-0.15, -0.1) is 23.2 Å². The van der Waals surface area contributed by atoms with Gasteiger partial charge in [0.05, 0.1) is 17.8 Å². The number of hydrogen-bond acceptors (Lipinski definition) is 5. The van der Waals surface area contributed by atoms with Crippen molar-refractivity contribution in [2.45, 2.75) is 62.6 Å². The van der Waals surface area contributed by atoms with E-state index in [4.69, 9.17) is 27.9 Å². The monoisotopic (exact) mass is 508 g/mol. The van der Waals surface area contributed by atoms with Crippen LogP contribution < -0.4 is 4.90 Å². The van der Waals surface area contributed by atoms with E-state index in [0.717, 1.165) is 17.1 Å². The number of aromatic nitrogens is 1. The molecule has 33 heavy (non-hydrogen) atoms. The second-order valence-corrected chi connectivity index (χ2v) is 10.2. The van der Waals surface area contributed by atoms with Crippen molar-refractivity contribution in [3.05, 3.63) is 23.9 Å². The number of rotatable bonds is 4. The summed E-state index contributed by atoms with van der Waals surface area (Å²) >= 11 is 12.7. The zero-order valence-electron chi connectivity index (χ0n) is 18.4. The van der Waals surface area contributed by atoms with Gasteiger partial charge in [0.25, 0.3) is 0 Å². The Bertz CT molecular complexity index is 919. The molecule has 0 aromatic carbocycles. The van der Waals surface area contributed by atoms with Crippen molar-refractivity contribution < 1.29 is 27.5 Å². The summed E-state index contributed by atoms with van der Waals surface area (Å²) in [7, 11) is 0. The van der Waals surface area contributed by atoms with E-state index in [1.165, 1.54) is 4.90 Å². The average molecular weight is 509 g/mol. The molecule has 1 aliphatic carbocycles. The third-order valence-electron chi connectivity index (χ3n) is 5.21. The van der Waals surface area contributed by atoms with Gasteiger partial charge in [-0.2, -0.15) is 18.3 Å². The molecule has 3 rings (SSSR count). The SMILES string of the molecule is CC(C)(C)OC(=O)CN1N=C(C2CCC(Cl)CC2Cl)CN(c2ccc(C(F)(F)F)cn2)C1=O. The number of carbonyl (C=O) groups is 2. The molecule has 7 nitrogen and oxygen atoms in total. The summed E-state index contributed by atoms with van der Waals surface area (Å²) in [4.78, 5) is 30.5. The van der Waals surface area contributed by atoms with E-state index >= 15 is 0 Å². The minimum absolute atomic E-state index is 0.00624. The van der Waals surface area contributed by atoms with Gasteiger partial charge in [0.15, 0.2) is 0 Å². The number of pyridine rings is 1. The zero-order valence-corrected chi connectivity index (χ0v) is 19.9. The molecule has 0 bridgehead atoms. The third kappa shape index (κ3) is 6.50. The van der Waals surface area contributed by atoms with E-state index in [-0.39, 0.29) is 29.0 Å². The minimum atomic E-state index is -4.56. The summed E-state index contributed by atoms with van der Waals surface area (Å²) in [6, 6.07) is 1.26. The highest BCUT2D eigenvalue weighted by Gasteiger charge is 2.39. The smallest absolute Gasteiger partial charge is 0.417 e. The molecule has 0 radical (unpaired) electrons. The molecule has 0 spiro atoms. The normalized spacial score (nSPS) is 24.5. The number of hydrogen-bond donors (Lipinski definition) is 0. The molecule has 2 heterocycles. The van der Waals surface area contributed by atoms with Crippen LogP contribution in [0, 0.1) is 5.92 Å². The first-order chi connectivity index (χ1) is 15.2. The lowest BCUT2D eigenvalue weighted by atomic mass is 9.84. The molecule has 3 unspecified atom stereocenters. The number of carbonyl (C=O) groups excluding carboxylic acids is 2. The van der Waals surface area contributed by atoms with Gasteiger partial charge in [-0.25, -0.2) is 14.8 Å². The van der Waals surface area contributed by atoms with Crippen molar-refractivity contribution in [3.8, 4) is 0 Å². The maximum Gasteiger partial charge on any atom is 0.417 e. The largest absolute Gasteiger partial charge is 0.459 e. The second-order valence-electron chi connectivity index (χ2n) is 9.04. The van der Waals surface area contributed by atoms with Crippen molar-refractivity contribution in [2.24, 2.45) is 11.0 Å². The average Bonchev–Trinajstić information content (AvgIpc) is 2.68. The Balaban J connectivity index is 1.90. The molecule has 182 valence electrons. The van der Waals surface area contributed by atoms with Crippen LogP contribution >= 0.6 is 23.2 Å². The molecule has 0 saturated heterocycles. The van der Waals surface area contributed by atoms with Crippen LogP contribution in [0.15, 0.2) is 23.4 Å². The summed E-state index contributed by atoms with van der Waals surface area (Å²) in [5.41, 5.74) is -1.17. The number of hydrazone groups is 1. The van der Waals surface area contributed by atoms with Crippen molar-refractivity contribution >= 4 is 46.7 Å². The number of nitrogens with zero attached hydrogens (tertiary/aromatic N) is 4. The van der Waals surface area contributed by atoms with Crippen LogP contribution in [0.3, 0.4) is 0 Å². The van der Waals surface area contributed by atoms with Crippen LogP contribution in [-0.2, 0) is 15.7 Å². The van der Waals surface area contributed by atoms with Gasteiger partial charge in [0, 0.05) is 22.9 Å². The number of urea groups is 1. The minimum Gasteiger partial charge on any atom is -0.459 e. The van der Waals surface area contributed by atoms with Crippen LogP contribution in [0.1, 0.15) is 45.6 Å². The summed E-state index contributed by atoms with van der Waals surface area (Å²) in [5.74, 6) is -0.882. The van der Waals surface area contributed by atoms with E-state index in [1.54, 1.807) is 20.8 Å². The van der Waals surface area contributed by atoms with E-state index in [9.17, 15) is 22.8 Å². The molecule has 2 aliphatic rings. The maximum absolute atomic E-state index is 13.1. The van der Waals surface area contributed by atoms with Crippen molar-refractivity contribution in [3.63, 3.8) is 0 Å². The first-order valence-electron chi connectivity index (χ1n) is 10.4. The molecule has 1 aliphatic heterocycles. The van der Waals surface area contributed by atoms with Crippen molar-refractivity contribution in [2.75, 3.05) is 18.0 Å². The van der Waals surface area contributed by atoms with Crippen LogP contribution in [0.5, 0.6) is 0 Å². The van der Waals surface area contributed by atoms with Gasteiger partial charge in [-0.1, -0.05) is 0 Å². The van der Waals surface area contributed by atoms with Crippen molar-refractivity contribution in [1.82, 2.24) is 9.99 Å². The van der Waals surface area contributed by atoms with Gasteiger partial charge >= 0.3 is 18.2 Å². The molecule has 0 N–H and O–H groups in total. The first kappa shape index (κ1) is 25.6. The lowest BCUT2D eigenvalue weighted by Gasteiger charge is -2.38. The molecule has 1 fully saturated rings. The Morgan fingerprint density at radius 1 is 1.21 bits per heavy atom. The number of alkyl halides is 5. The van der Waals surface area contributed by atoms with Gasteiger partial charge < -0.3 is 4.74 Å². The van der Waals surface area contributed by atoms with Crippen LogP contribution in [0.2, 0.25) is 0 Å². The first-order valence-corrected chi connectivity index (χ1v) is 11.3. The fraction of sp³-hybridized carbons (Fsp3) is 0.619. The maximum atomic E-state index is 13.1. The Kier molecular flexibility index (Phi) is 7.48. The van der Waals surface area contributed by atoms with E-state index < -0.39 is 35.9 Å². The standard InChI is InChI=1S/C21H25Cl2F3N4O3/c1-20(2,3)33-18(31)11-30-19(32)29(17-7-4-12(9-27-17)21(24,25)26)10-16(28-30)14-6-5-13(22)8-15(14)23/h4,7,9,13-15H,5-6,8,10-11H2,1-3H3. The molecule has 1 saturated carbocycles. The predicted molar refractivity (Wildman–Crippen MR) is 119 cm³/mol. The highest BCUT2D eigenvalue weighted by Crippen LogP contribution is 2.35. The molecule has 2 amide bonds. The summed E-state index contributed by atoms with van der Waals surface area (Å²) < 4.78 is 44.1. The Morgan fingerprint density at radius 3 is 2.45 bits per heavy atom. The van der Waals surface area contributed by atoms with Gasteiger partial charge in [-0.3, -0.25) is 9.69 Å². The van der Waals surface area contributed by atoms with Crippen LogP contribution in [0.25, 0.3) is 0 Å². The number of esters is 1. The molecule has 1 aromatic rings. The Hall–Kier alpha value is -2.07. The molecular formula is C21H25Cl2F3N4O3. The molecular weight excluding hydrogens is 484 g/mol. The summed E-state index contributed by atoms with van der Waals surface area (Å²) in [6.07, 6.45) is -2.02. The Labute approximate surface area is 199 Å². The highest BCUT2D eigenvalue weighted by molar-refractivity contribution is 6.25. The summed E-state index contributed by atoms with van der Waals surface area (Å²) in [5, 5.41) is 4.93. The third-order valence-corrected chi connectivity index (χ3v) is 6.09. The highest BCUT2D eigenvalue weighted by atomic mass is 35.5. The fourth-order valence-electron chi connectivity index (χ4n) is 3.72. The molecule has 3 atom stereocenters. The second kappa shape index (κ2) is 9.66. The lowest BCUT2D eigenvalue weighted by Crippen LogP contribution is -2.53. The number of amides is 2. The van der Waals surface area contributed by atoms with E-state index in [1.807, 2.05) is 0 Å². The lowest BCUT2D eigenvalue weighted by molar-refractivity contribution is -0.155. The van der Waals surface area contributed by atoms with Gasteiger partial charge in [-0.05, 0) is 52.2 Å².